The van der Waals surface area contributed by atoms with Crippen molar-refractivity contribution in [2.45, 2.75) is 20.8 Å². The maximum atomic E-state index is 2.17. The summed E-state index contributed by atoms with van der Waals surface area (Å²) in [5.74, 6) is 0.833. The summed E-state index contributed by atoms with van der Waals surface area (Å²) in [6, 6.07) is 0. The second-order valence-electron chi connectivity index (χ2n) is 1.73. The average Bonchev–Trinajstić information content (AvgIpc) is 0.811. The molecule has 1 heteroatoms. The van der Waals surface area contributed by atoms with Crippen molar-refractivity contribution < 1.29 is 0 Å². The number of rotatable bonds is 0. The van der Waals surface area contributed by atoms with E-state index in [-0.39, 0.29) is 37.7 Å². The summed E-state index contributed by atoms with van der Waals surface area (Å²) in [5.41, 5.74) is 0. The van der Waals surface area contributed by atoms with Crippen molar-refractivity contribution in [1.82, 2.24) is 0 Å². The molecule has 0 amide bonds. The Kier molecular flexibility index (Phi) is 10.0. The van der Waals surface area contributed by atoms with Crippen LogP contribution in [0.1, 0.15) is 20.8 Å². The Morgan fingerprint density at radius 2 is 1.00 bits per heavy atom. The predicted molar refractivity (Wildman–Crippen MR) is 29.1 cm³/mol. The van der Waals surface area contributed by atoms with Crippen LogP contribution in [0.5, 0.6) is 0 Å². The first-order valence-corrected chi connectivity index (χ1v) is 1.73. The molecule has 0 bridgehead atoms. The van der Waals surface area contributed by atoms with Gasteiger partial charge in [0.1, 0.15) is 0 Å². The Morgan fingerprint density at radius 1 is 1.00 bits per heavy atom. The van der Waals surface area contributed by atoms with E-state index in [4.69, 9.17) is 0 Å². The molecule has 5 heavy (non-hydrogen) atoms. The van der Waals surface area contributed by atoms with Crippen molar-refractivity contribution in [3.8, 4) is 0 Å². The van der Waals surface area contributed by atoms with Gasteiger partial charge in [0.2, 0.25) is 0 Å². The summed E-state index contributed by atoms with van der Waals surface area (Å²) < 4.78 is 0. The van der Waals surface area contributed by atoms with Crippen LogP contribution in [0.2, 0.25) is 0 Å². The Bertz CT molecular complexity index is 8.36. The third kappa shape index (κ3) is 35.2. The summed E-state index contributed by atoms with van der Waals surface area (Å²) in [5, 5.41) is 0. The zero-order valence-electron chi connectivity index (χ0n) is 3.58. The Hall–Kier alpha value is 1.26. The molecular formula is C4H12Ca. The molecule has 0 saturated carbocycles. The van der Waals surface area contributed by atoms with E-state index >= 15 is 0 Å². The van der Waals surface area contributed by atoms with Crippen molar-refractivity contribution >= 4 is 37.7 Å². The van der Waals surface area contributed by atoms with Crippen LogP contribution in [-0.2, 0) is 0 Å². The Balaban J connectivity index is 0. The first kappa shape index (κ1) is 9.54. The molecule has 0 aliphatic heterocycles. The van der Waals surface area contributed by atoms with Gasteiger partial charge in [0.25, 0.3) is 0 Å². The van der Waals surface area contributed by atoms with E-state index in [2.05, 4.69) is 20.8 Å². The molecule has 0 aliphatic carbocycles. The molecule has 0 fully saturated rings. The summed E-state index contributed by atoms with van der Waals surface area (Å²) >= 11 is 0. The van der Waals surface area contributed by atoms with Crippen molar-refractivity contribution in [3.05, 3.63) is 0 Å². The summed E-state index contributed by atoms with van der Waals surface area (Å²) in [6.07, 6.45) is 0. The van der Waals surface area contributed by atoms with Crippen LogP contribution in [0.3, 0.4) is 0 Å². The molecular weight excluding hydrogens is 88.1 g/mol. The van der Waals surface area contributed by atoms with Gasteiger partial charge in [-0.25, -0.2) is 0 Å². The molecule has 0 spiro atoms. The van der Waals surface area contributed by atoms with Gasteiger partial charge in [0.15, 0.2) is 0 Å². The molecule has 0 radical (unpaired) electrons. The molecule has 0 heterocycles. The third-order valence-corrected chi connectivity index (χ3v) is 0. The molecule has 0 N–H and O–H groups in total. The van der Waals surface area contributed by atoms with Crippen molar-refractivity contribution in [2.24, 2.45) is 5.92 Å². The van der Waals surface area contributed by atoms with E-state index in [0.29, 0.717) is 0 Å². The number of hydrogen-bond acceptors (Lipinski definition) is 0. The molecule has 0 saturated heterocycles. The first-order chi connectivity index (χ1) is 1.73. The second kappa shape index (κ2) is 5.26. The molecule has 30 valence electrons. The van der Waals surface area contributed by atoms with Crippen LogP contribution in [0.15, 0.2) is 0 Å². The summed E-state index contributed by atoms with van der Waals surface area (Å²) in [4.78, 5) is 0. The predicted octanol–water partition coefficient (Wildman–Crippen LogP) is 0.746. The standard InChI is InChI=1S/C4H10.Ca.2H/c1-4(2)3;;;/h4H,1-3H3;;;. The monoisotopic (exact) mass is 100 g/mol. The minimum atomic E-state index is 0. The van der Waals surface area contributed by atoms with Gasteiger partial charge in [0.05, 0.1) is 0 Å². The van der Waals surface area contributed by atoms with Gasteiger partial charge in [-0.2, -0.15) is 0 Å². The molecule has 0 aromatic rings. The zero-order valence-corrected chi connectivity index (χ0v) is 3.58. The fourth-order valence-corrected chi connectivity index (χ4v) is 0. The topological polar surface area (TPSA) is 0 Å². The molecule has 0 aliphatic rings. The number of hydrogen-bond donors (Lipinski definition) is 0. The van der Waals surface area contributed by atoms with Crippen LogP contribution in [0, 0.1) is 5.92 Å². The van der Waals surface area contributed by atoms with Gasteiger partial charge in [0, 0.05) is 0 Å². The van der Waals surface area contributed by atoms with Gasteiger partial charge in [-0.15, -0.1) is 0 Å². The molecule has 0 nitrogen and oxygen atoms in total. The van der Waals surface area contributed by atoms with Crippen molar-refractivity contribution in [3.63, 3.8) is 0 Å². The van der Waals surface area contributed by atoms with Crippen molar-refractivity contribution in [1.29, 1.82) is 0 Å². The Labute approximate surface area is 63.9 Å². The normalized spacial score (nSPS) is 7.20. The first-order valence-electron chi connectivity index (χ1n) is 1.73. The molecule has 0 rings (SSSR count). The second-order valence-corrected chi connectivity index (χ2v) is 1.73. The van der Waals surface area contributed by atoms with Crippen LogP contribution in [0.25, 0.3) is 0 Å². The minimum absolute atomic E-state index is 0. The molecule has 0 aromatic heterocycles. The van der Waals surface area contributed by atoms with Crippen LogP contribution in [0.4, 0.5) is 0 Å². The van der Waals surface area contributed by atoms with Gasteiger partial charge in [-0.05, 0) is 5.92 Å². The molecule has 0 atom stereocenters. The van der Waals surface area contributed by atoms with E-state index in [1.807, 2.05) is 0 Å². The van der Waals surface area contributed by atoms with Crippen LogP contribution in [-0.4, -0.2) is 37.7 Å². The van der Waals surface area contributed by atoms with Crippen LogP contribution >= 0.6 is 0 Å². The van der Waals surface area contributed by atoms with E-state index in [9.17, 15) is 0 Å². The van der Waals surface area contributed by atoms with E-state index in [0.717, 1.165) is 5.92 Å². The van der Waals surface area contributed by atoms with Crippen molar-refractivity contribution in [2.75, 3.05) is 0 Å². The van der Waals surface area contributed by atoms with E-state index in [1.54, 1.807) is 0 Å². The van der Waals surface area contributed by atoms with Gasteiger partial charge in [-0.1, -0.05) is 20.8 Å². The van der Waals surface area contributed by atoms with Gasteiger partial charge >= 0.3 is 37.7 Å². The maximum absolute atomic E-state index is 2.17. The summed E-state index contributed by atoms with van der Waals surface area (Å²) in [6.45, 7) is 6.50. The van der Waals surface area contributed by atoms with Crippen LogP contribution < -0.4 is 0 Å². The summed E-state index contributed by atoms with van der Waals surface area (Å²) in [7, 11) is 0. The van der Waals surface area contributed by atoms with Gasteiger partial charge in [-0.3, -0.25) is 0 Å². The average molecular weight is 100 g/mol. The van der Waals surface area contributed by atoms with E-state index < -0.39 is 0 Å². The van der Waals surface area contributed by atoms with E-state index in [1.165, 1.54) is 0 Å². The fourth-order valence-electron chi connectivity index (χ4n) is 0. The molecule has 0 aromatic carbocycles. The Morgan fingerprint density at radius 3 is 1.00 bits per heavy atom. The molecule has 0 unspecified atom stereocenters. The third-order valence-electron chi connectivity index (χ3n) is 0. The zero-order chi connectivity index (χ0) is 3.58. The quantitative estimate of drug-likeness (QED) is 0.394. The fraction of sp³-hybridized carbons (Fsp3) is 1.00. The SMILES string of the molecule is CC(C)C.[CaH2]. The van der Waals surface area contributed by atoms with Gasteiger partial charge < -0.3 is 0 Å².